The van der Waals surface area contributed by atoms with Gasteiger partial charge in [0.1, 0.15) is 18.3 Å². The maximum Gasteiger partial charge on any atom is 0.258 e. The molecule has 0 bridgehead atoms. The highest BCUT2D eigenvalue weighted by molar-refractivity contribution is 5.96. The van der Waals surface area contributed by atoms with E-state index in [0.29, 0.717) is 0 Å². The molecule has 0 aliphatic carbocycles. The van der Waals surface area contributed by atoms with Gasteiger partial charge in [-0.25, -0.2) is 0 Å². The summed E-state index contributed by atoms with van der Waals surface area (Å²) in [6.45, 7) is -1.62. The van der Waals surface area contributed by atoms with Gasteiger partial charge in [0.2, 0.25) is 5.91 Å². The molecule has 8 nitrogen and oxygen atoms in total. The lowest BCUT2D eigenvalue weighted by atomic mass is 10.0. The Kier molecular flexibility index (Phi) is 5.29. The molecule has 8 heteroatoms. The van der Waals surface area contributed by atoms with Crippen molar-refractivity contribution in [1.29, 1.82) is 0 Å². The van der Waals surface area contributed by atoms with Crippen LogP contribution in [0.1, 0.15) is 8.27 Å². The van der Waals surface area contributed by atoms with Gasteiger partial charge < -0.3 is 25.5 Å². The number of carbonyl (C=O) groups excluding carboxylic acids is 2. The molecule has 6 N–H and O–H groups in total. The SMILES string of the molecule is [2H]CC(=O)NC(=O)[C@H](O)[C@@H](O)[C@H](O)[C@H](O)CO. The van der Waals surface area contributed by atoms with Gasteiger partial charge in [0.05, 0.1) is 6.61 Å². The second kappa shape index (κ2) is 6.51. The average Bonchev–Trinajstić information content (AvgIpc) is 2.34. The van der Waals surface area contributed by atoms with Gasteiger partial charge in [0, 0.05) is 8.27 Å². The Morgan fingerprint density at radius 3 is 2.25 bits per heavy atom. The number of aliphatic hydroxyl groups excluding tert-OH is 5. The first-order chi connectivity index (χ1) is 7.84. The molecule has 16 heavy (non-hydrogen) atoms. The van der Waals surface area contributed by atoms with Gasteiger partial charge in [-0.3, -0.25) is 14.9 Å². The third-order valence-electron chi connectivity index (χ3n) is 1.79. The number of nitrogens with one attached hydrogen (secondary N) is 1. The van der Waals surface area contributed by atoms with Gasteiger partial charge >= 0.3 is 0 Å². The molecule has 0 unspecified atom stereocenters. The van der Waals surface area contributed by atoms with Crippen LogP contribution >= 0.6 is 0 Å². The van der Waals surface area contributed by atoms with Crippen molar-refractivity contribution in [3.63, 3.8) is 0 Å². The average molecular weight is 238 g/mol. The summed E-state index contributed by atoms with van der Waals surface area (Å²) in [7, 11) is 0. The van der Waals surface area contributed by atoms with Crippen LogP contribution in [0.25, 0.3) is 0 Å². The lowest BCUT2D eigenvalue weighted by Crippen LogP contribution is -2.52. The first-order valence-corrected chi connectivity index (χ1v) is 4.31. The van der Waals surface area contributed by atoms with Crippen LogP contribution in [0.5, 0.6) is 0 Å². The van der Waals surface area contributed by atoms with Gasteiger partial charge in [-0.2, -0.15) is 0 Å². The smallest absolute Gasteiger partial charge is 0.258 e. The molecule has 0 aromatic rings. The van der Waals surface area contributed by atoms with E-state index in [1.54, 1.807) is 5.32 Å². The van der Waals surface area contributed by atoms with Crippen LogP contribution in [-0.2, 0) is 9.59 Å². The first-order valence-electron chi connectivity index (χ1n) is 5.01. The number of carbonyl (C=O) groups is 2. The summed E-state index contributed by atoms with van der Waals surface area (Å²) in [5.74, 6) is -2.29. The van der Waals surface area contributed by atoms with Crippen LogP contribution < -0.4 is 5.32 Å². The molecule has 0 heterocycles. The minimum Gasteiger partial charge on any atom is -0.394 e. The predicted molar refractivity (Wildman–Crippen MR) is 49.9 cm³/mol. The maximum atomic E-state index is 11.1. The molecule has 0 fully saturated rings. The van der Waals surface area contributed by atoms with Crippen LogP contribution in [0.3, 0.4) is 0 Å². The van der Waals surface area contributed by atoms with E-state index in [2.05, 4.69) is 0 Å². The highest BCUT2D eigenvalue weighted by Gasteiger charge is 2.34. The molecule has 0 aliphatic rings. The van der Waals surface area contributed by atoms with E-state index in [0.717, 1.165) is 0 Å². The standard InChI is InChI=1S/C8H15NO7/c1-3(11)9-8(16)7(15)6(14)5(13)4(12)2-10/h4-7,10,12-15H,2H2,1H3,(H,9,11,16)/t4-,5-,6+,7-/m1/s1/i1D. The molecule has 0 saturated carbocycles. The number of rotatable bonds is 5. The van der Waals surface area contributed by atoms with Gasteiger partial charge in [0.15, 0.2) is 6.10 Å². The normalized spacial score (nSPS) is 19.2. The summed E-state index contributed by atoms with van der Waals surface area (Å²) in [5, 5.41) is 46.7. The summed E-state index contributed by atoms with van der Waals surface area (Å²) < 4.78 is 6.60. The van der Waals surface area contributed by atoms with Crippen molar-refractivity contribution in [3.8, 4) is 0 Å². The number of aliphatic hydroxyl groups is 5. The van der Waals surface area contributed by atoms with Crippen molar-refractivity contribution in [2.24, 2.45) is 0 Å². The summed E-state index contributed by atoms with van der Waals surface area (Å²) in [6, 6.07) is 0. The zero-order valence-electron chi connectivity index (χ0n) is 9.28. The van der Waals surface area contributed by atoms with Gasteiger partial charge in [-0.05, 0) is 0 Å². The Balaban J connectivity index is 4.43. The predicted octanol–water partition coefficient (Wildman–Crippen LogP) is -3.91. The monoisotopic (exact) mass is 238 g/mol. The molecule has 0 radical (unpaired) electrons. The Morgan fingerprint density at radius 2 is 1.81 bits per heavy atom. The van der Waals surface area contributed by atoms with Crippen LogP contribution in [0.4, 0.5) is 0 Å². The topological polar surface area (TPSA) is 147 Å². The minimum absolute atomic E-state index is 0.740. The van der Waals surface area contributed by atoms with E-state index in [1.165, 1.54) is 0 Å². The van der Waals surface area contributed by atoms with Crippen molar-refractivity contribution in [1.82, 2.24) is 5.32 Å². The molecular weight excluding hydrogens is 222 g/mol. The minimum atomic E-state index is -2.17. The summed E-state index contributed by atoms with van der Waals surface area (Å²) in [5.41, 5.74) is 0. The number of hydrogen-bond donors (Lipinski definition) is 6. The van der Waals surface area contributed by atoms with Gasteiger partial charge in [-0.15, -0.1) is 0 Å². The molecule has 0 aromatic carbocycles. The van der Waals surface area contributed by atoms with Crippen LogP contribution in [-0.4, -0.2) is 68.4 Å². The Morgan fingerprint density at radius 1 is 1.25 bits per heavy atom. The van der Waals surface area contributed by atoms with Crippen molar-refractivity contribution < 1.29 is 36.5 Å². The number of hydrogen-bond acceptors (Lipinski definition) is 7. The fraction of sp³-hybridized carbons (Fsp3) is 0.750. The van der Waals surface area contributed by atoms with Crippen LogP contribution in [0, 0.1) is 0 Å². The summed E-state index contributed by atoms with van der Waals surface area (Å²) >= 11 is 0. The van der Waals surface area contributed by atoms with E-state index < -0.39 is 49.7 Å². The van der Waals surface area contributed by atoms with E-state index >= 15 is 0 Å². The van der Waals surface area contributed by atoms with Crippen LogP contribution in [0.15, 0.2) is 0 Å². The molecule has 2 amide bonds. The lowest BCUT2D eigenvalue weighted by molar-refractivity contribution is -0.150. The zero-order valence-corrected chi connectivity index (χ0v) is 8.28. The molecule has 0 spiro atoms. The van der Waals surface area contributed by atoms with Crippen LogP contribution in [0.2, 0.25) is 0 Å². The second-order valence-electron chi connectivity index (χ2n) is 3.09. The third-order valence-corrected chi connectivity index (χ3v) is 1.79. The Labute approximate surface area is 92.5 Å². The van der Waals surface area contributed by atoms with E-state index in [1.807, 2.05) is 0 Å². The molecule has 4 atom stereocenters. The Bertz CT molecular complexity index is 275. The number of amides is 2. The molecule has 0 aliphatic heterocycles. The fourth-order valence-electron chi connectivity index (χ4n) is 0.889. The maximum absolute atomic E-state index is 11.1. The van der Waals surface area contributed by atoms with Gasteiger partial charge in [-0.1, -0.05) is 0 Å². The molecule has 0 aromatic heterocycles. The first kappa shape index (κ1) is 13.0. The van der Waals surface area contributed by atoms with Gasteiger partial charge in [0.25, 0.3) is 5.91 Å². The lowest BCUT2D eigenvalue weighted by Gasteiger charge is -2.24. The second-order valence-corrected chi connectivity index (χ2v) is 3.09. The summed E-state index contributed by atoms with van der Waals surface area (Å²) in [4.78, 5) is 21.7. The van der Waals surface area contributed by atoms with E-state index in [4.69, 9.17) is 11.6 Å². The molecule has 0 saturated heterocycles. The van der Waals surface area contributed by atoms with Crippen molar-refractivity contribution >= 4 is 11.8 Å². The van der Waals surface area contributed by atoms with Crippen molar-refractivity contribution in [3.05, 3.63) is 0 Å². The highest BCUT2D eigenvalue weighted by Crippen LogP contribution is 2.05. The molecular formula is C8H15NO7. The summed E-state index contributed by atoms with van der Waals surface area (Å²) in [6.07, 6.45) is -7.93. The quantitative estimate of drug-likeness (QED) is 0.286. The highest BCUT2D eigenvalue weighted by atomic mass is 16.4. The molecule has 0 rings (SSSR count). The molecule has 94 valence electrons. The van der Waals surface area contributed by atoms with Crippen molar-refractivity contribution in [2.75, 3.05) is 6.61 Å². The fourth-order valence-corrected chi connectivity index (χ4v) is 0.889. The number of imide groups is 1. The van der Waals surface area contributed by atoms with Crippen molar-refractivity contribution in [2.45, 2.75) is 31.3 Å². The third kappa shape index (κ3) is 4.21. The zero-order chi connectivity index (χ0) is 13.6. The Hall–Kier alpha value is -1.06. The largest absolute Gasteiger partial charge is 0.394 e. The van der Waals surface area contributed by atoms with E-state index in [9.17, 15) is 24.9 Å². The van der Waals surface area contributed by atoms with E-state index in [-0.39, 0.29) is 0 Å².